The molecule has 0 aliphatic rings. The summed E-state index contributed by atoms with van der Waals surface area (Å²) in [5.41, 5.74) is 0. The third-order valence-electron chi connectivity index (χ3n) is 1.42. The van der Waals surface area contributed by atoms with E-state index in [0.29, 0.717) is 0 Å². The normalized spacial score (nSPS) is 18.6. The van der Waals surface area contributed by atoms with E-state index in [1.807, 2.05) is 0 Å². The van der Waals surface area contributed by atoms with Gasteiger partial charge in [0.2, 0.25) is 0 Å². The summed E-state index contributed by atoms with van der Waals surface area (Å²) in [6.07, 6.45) is -8.39. The molecule has 7 nitrogen and oxygen atoms in total. The van der Waals surface area contributed by atoms with Gasteiger partial charge in [-0.15, -0.1) is 0 Å². The van der Waals surface area contributed by atoms with E-state index in [0.717, 1.165) is 0 Å². The number of hydrogen-bond donors (Lipinski definition) is 5. The minimum Gasteiger partial charge on any atom is -1.00 e. The molecule has 0 spiro atoms. The Labute approximate surface area is 103 Å². The molecular weight excluding hydrogens is 207 g/mol. The van der Waals surface area contributed by atoms with Crippen LogP contribution in [0.5, 0.6) is 0 Å². The number of aliphatic carboxylic acids is 1. The van der Waals surface area contributed by atoms with Gasteiger partial charge in [-0.2, -0.15) is 0 Å². The van der Waals surface area contributed by atoms with Crippen LogP contribution >= 0.6 is 0 Å². The van der Waals surface area contributed by atoms with Crippen molar-refractivity contribution in [2.24, 2.45) is 0 Å². The molecule has 0 aromatic rings. The average Bonchev–Trinajstić information content (AvgIpc) is 2.12. The first-order valence-corrected chi connectivity index (χ1v) is 3.32. The van der Waals surface area contributed by atoms with Crippen molar-refractivity contribution in [2.75, 3.05) is 0 Å². The van der Waals surface area contributed by atoms with Crippen LogP contribution in [0.1, 0.15) is 1.43 Å². The molecule has 4 atom stereocenters. The van der Waals surface area contributed by atoms with Crippen LogP contribution in [0, 0.1) is 0 Å². The van der Waals surface area contributed by atoms with Gasteiger partial charge in [0.1, 0.15) is 18.3 Å². The Balaban J connectivity index is -0.000000720. The molecule has 8 heteroatoms. The molecule has 0 heterocycles. The van der Waals surface area contributed by atoms with Crippen molar-refractivity contribution in [1.82, 2.24) is 0 Å². The molecule has 0 saturated heterocycles. The number of hydrogen-bond acceptors (Lipinski definition) is 6. The topological polar surface area (TPSA) is 135 Å². The Morgan fingerprint density at radius 3 is 1.86 bits per heavy atom. The van der Waals surface area contributed by atoms with Crippen LogP contribution in [-0.2, 0) is 9.59 Å². The molecule has 0 saturated carbocycles. The summed E-state index contributed by atoms with van der Waals surface area (Å²) in [6, 6.07) is 0. The first-order chi connectivity index (χ1) is 5.91. The number of aliphatic hydroxyl groups is 4. The van der Waals surface area contributed by atoms with Crippen LogP contribution in [0.4, 0.5) is 0 Å². The zero-order valence-electron chi connectivity index (χ0n) is 8.44. The molecule has 0 amide bonds. The van der Waals surface area contributed by atoms with Gasteiger partial charge >= 0.3 is 35.5 Å². The van der Waals surface area contributed by atoms with E-state index in [1.165, 1.54) is 0 Å². The summed E-state index contributed by atoms with van der Waals surface area (Å²) in [4.78, 5) is 20.0. The van der Waals surface area contributed by atoms with Gasteiger partial charge in [-0.05, 0) is 0 Å². The number of carbonyl (C=O) groups excluding carboxylic acids is 1. The van der Waals surface area contributed by atoms with Crippen molar-refractivity contribution in [1.29, 1.82) is 0 Å². The third kappa shape index (κ3) is 4.47. The molecule has 5 N–H and O–H groups in total. The number of aldehydes is 1. The zero-order valence-corrected chi connectivity index (χ0v) is 9.44. The minimum absolute atomic E-state index is 0. The predicted molar refractivity (Wildman–Crippen MR) is 38.8 cm³/mol. The fourth-order valence-electron chi connectivity index (χ4n) is 0.615. The molecule has 0 aliphatic heterocycles. The van der Waals surface area contributed by atoms with E-state index in [-0.39, 0.29) is 37.3 Å². The van der Waals surface area contributed by atoms with Crippen LogP contribution in [0.2, 0.25) is 0 Å². The molecule has 0 aromatic heterocycles. The van der Waals surface area contributed by atoms with Gasteiger partial charge in [0, 0.05) is 0 Å². The molecule has 0 aromatic carbocycles. The first-order valence-electron chi connectivity index (χ1n) is 3.32. The maximum absolute atomic E-state index is 10.1. The Morgan fingerprint density at radius 2 is 1.57 bits per heavy atom. The van der Waals surface area contributed by atoms with Gasteiger partial charge in [0.25, 0.3) is 0 Å². The Morgan fingerprint density at radius 1 is 1.14 bits per heavy atom. The van der Waals surface area contributed by atoms with Crippen molar-refractivity contribution in [3.8, 4) is 0 Å². The molecule has 78 valence electrons. The van der Waals surface area contributed by atoms with Crippen molar-refractivity contribution < 1.29 is 66.1 Å². The molecule has 14 heavy (non-hydrogen) atoms. The predicted octanol–water partition coefficient (Wildman–Crippen LogP) is -6.17. The minimum atomic E-state index is -2.25. The van der Waals surface area contributed by atoms with Crippen LogP contribution in [0.25, 0.3) is 0 Å². The molecule has 0 unspecified atom stereocenters. The van der Waals surface area contributed by atoms with E-state index in [9.17, 15) is 9.59 Å². The maximum atomic E-state index is 10.1. The molecule has 0 aliphatic carbocycles. The van der Waals surface area contributed by atoms with E-state index in [2.05, 4.69) is 0 Å². The van der Waals surface area contributed by atoms with Crippen molar-refractivity contribution in [3.63, 3.8) is 0 Å². The van der Waals surface area contributed by atoms with E-state index < -0.39 is 30.4 Å². The summed E-state index contributed by atoms with van der Waals surface area (Å²) in [6.45, 7) is 0. The second-order valence-corrected chi connectivity index (χ2v) is 2.39. The molecule has 0 radical (unpaired) electrons. The van der Waals surface area contributed by atoms with E-state index in [4.69, 9.17) is 25.5 Å². The summed E-state index contributed by atoms with van der Waals surface area (Å²) >= 11 is 0. The number of aliphatic hydroxyl groups excluding tert-OH is 4. The van der Waals surface area contributed by atoms with Gasteiger partial charge in [0.05, 0.1) is 0 Å². The number of carboxylic acids is 1. The first kappa shape index (κ1) is 16.4. The zero-order chi connectivity index (χ0) is 10.6. The summed E-state index contributed by atoms with van der Waals surface area (Å²) in [5, 5.41) is 43.2. The average molecular weight is 218 g/mol. The molecular formula is C6H11NaO7. The number of carbonyl (C=O) groups is 2. The van der Waals surface area contributed by atoms with Crippen LogP contribution < -0.4 is 29.6 Å². The molecule has 0 rings (SSSR count). The smallest absolute Gasteiger partial charge is 1.00 e. The largest absolute Gasteiger partial charge is 1.00 e. The fraction of sp³-hybridized carbons (Fsp3) is 0.667. The second kappa shape index (κ2) is 7.30. The second-order valence-electron chi connectivity index (χ2n) is 2.39. The van der Waals surface area contributed by atoms with Gasteiger partial charge in [0.15, 0.2) is 12.4 Å². The van der Waals surface area contributed by atoms with Crippen LogP contribution in [0.3, 0.4) is 0 Å². The van der Waals surface area contributed by atoms with Crippen molar-refractivity contribution >= 4 is 12.3 Å². The number of carboxylic acid groups (broad SMARTS) is 1. The Bertz CT molecular complexity index is 202. The van der Waals surface area contributed by atoms with Crippen LogP contribution in [0.15, 0.2) is 0 Å². The Hall–Kier alpha value is -0.0200. The fourth-order valence-corrected chi connectivity index (χ4v) is 0.615. The van der Waals surface area contributed by atoms with Gasteiger partial charge < -0.3 is 31.8 Å². The molecule has 0 fully saturated rings. The standard InChI is InChI=1S/C6H10O7.Na.H/c7-1-2(8)3(9)4(10)5(11)6(12)13;;/h1-5,8-11H,(H,12,13);;/q;+1;-1/t2-,3+,4+,5-;;/m0../s1. The summed E-state index contributed by atoms with van der Waals surface area (Å²) < 4.78 is 0. The Kier molecular flexibility index (Phi) is 8.55. The molecule has 0 bridgehead atoms. The van der Waals surface area contributed by atoms with Crippen LogP contribution in [-0.4, -0.2) is 62.2 Å². The van der Waals surface area contributed by atoms with Gasteiger partial charge in [-0.25, -0.2) is 4.79 Å². The van der Waals surface area contributed by atoms with Gasteiger partial charge in [-0.3, -0.25) is 0 Å². The van der Waals surface area contributed by atoms with E-state index in [1.54, 1.807) is 0 Å². The van der Waals surface area contributed by atoms with Crippen molar-refractivity contribution in [2.45, 2.75) is 24.4 Å². The number of rotatable bonds is 5. The quantitative estimate of drug-likeness (QED) is 0.229. The maximum Gasteiger partial charge on any atom is 1.00 e. The SMILES string of the molecule is O=C[C@H](O)[C@@H](O)[C@@H](O)[C@H](O)C(=O)O.[H-].[Na+]. The van der Waals surface area contributed by atoms with E-state index >= 15 is 0 Å². The third-order valence-corrected chi connectivity index (χ3v) is 1.42. The summed E-state index contributed by atoms with van der Waals surface area (Å²) in [5.74, 6) is -1.76. The summed E-state index contributed by atoms with van der Waals surface area (Å²) in [7, 11) is 0. The van der Waals surface area contributed by atoms with Crippen molar-refractivity contribution in [3.05, 3.63) is 0 Å². The van der Waals surface area contributed by atoms with Gasteiger partial charge in [-0.1, -0.05) is 0 Å². The monoisotopic (exact) mass is 218 g/mol.